The van der Waals surface area contributed by atoms with E-state index in [2.05, 4.69) is 0 Å². The number of benzene rings is 1. The van der Waals surface area contributed by atoms with Crippen molar-refractivity contribution in [3.8, 4) is 0 Å². The van der Waals surface area contributed by atoms with Crippen molar-refractivity contribution in [2.24, 2.45) is 5.73 Å². The highest BCUT2D eigenvalue weighted by Crippen LogP contribution is 2.25. The second kappa shape index (κ2) is 5.19. The number of aliphatic hydroxyl groups is 1. The molecule has 0 aliphatic carbocycles. The van der Waals surface area contributed by atoms with Gasteiger partial charge in [-0.3, -0.25) is 0 Å². The molecule has 1 aromatic carbocycles. The lowest BCUT2D eigenvalue weighted by molar-refractivity contribution is 0.173. The van der Waals surface area contributed by atoms with E-state index in [1.54, 1.807) is 6.92 Å². The molecular formula is C11H15F2NO. The zero-order valence-corrected chi connectivity index (χ0v) is 8.58. The molecule has 2 unspecified atom stereocenters. The highest BCUT2D eigenvalue weighted by molar-refractivity contribution is 5.24. The molecular weight excluding hydrogens is 200 g/mol. The monoisotopic (exact) mass is 215 g/mol. The maximum atomic E-state index is 13.4. The third-order valence-corrected chi connectivity index (χ3v) is 2.32. The van der Waals surface area contributed by atoms with E-state index in [9.17, 15) is 13.9 Å². The SMILES string of the molecule is CC(O)CC(CN)c1c(F)cccc1F. The minimum atomic E-state index is -0.627. The molecule has 4 heteroatoms. The van der Waals surface area contributed by atoms with E-state index < -0.39 is 23.7 Å². The van der Waals surface area contributed by atoms with Gasteiger partial charge >= 0.3 is 0 Å². The standard InChI is InChI=1S/C11H15F2NO/c1-7(15)5-8(6-14)11-9(12)3-2-4-10(11)13/h2-4,7-8,15H,5-6,14H2,1H3. The third kappa shape index (κ3) is 2.97. The van der Waals surface area contributed by atoms with Crippen molar-refractivity contribution in [1.82, 2.24) is 0 Å². The van der Waals surface area contributed by atoms with Crippen molar-refractivity contribution >= 4 is 0 Å². The van der Waals surface area contributed by atoms with Crippen LogP contribution in [-0.2, 0) is 0 Å². The molecule has 15 heavy (non-hydrogen) atoms. The van der Waals surface area contributed by atoms with Gasteiger partial charge in [0.1, 0.15) is 11.6 Å². The van der Waals surface area contributed by atoms with E-state index in [-0.39, 0.29) is 18.5 Å². The van der Waals surface area contributed by atoms with Crippen molar-refractivity contribution in [2.45, 2.75) is 25.4 Å². The number of nitrogens with two attached hydrogens (primary N) is 1. The molecule has 84 valence electrons. The summed E-state index contributed by atoms with van der Waals surface area (Å²) < 4.78 is 26.7. The number of hydrogen-bond donors (Lipinski definition) is 2. The molecule has 0 heterocycles. The zero-order valence-electron chi connectivity index (χ0n) is 8.58. The third-order valence-electron chi connectivity index (χ3n) is 2.32. The predicted octanol–water partition coefficient (Wildman–Crippen LogP) is 1.78. The largest absolute Gasteiger partial charge is 0.393 e. The summed E-state index contributed by atoms with van der Waals surface area (Å²) in [6.45, 7) is 1.68. The van der Waals surface area contributed by atoms with Crippen molar-refractivity contribution in [2.75, 3.05) is 6.54 Å². The summed E-state index contributed by atoms with van der Waals surface area (Å²) in [5, 5.41) is 9.20. The summed E-state index contributed by atoms with van der Waals surface area (Å²) in [5.41, 5.74) is 5.42. The molecule has 0 aromatic heterocycles. The Morgan fingerprint density at radius 1 is 1.33 bits per heavy atom. The van der Waals surface area contributed by atoms with Crippen molar-refractivity contribution < 1.29 is 13.9 Å². The van der Waals surface area contributed by atoms with Crippen LogP contribution in [0.15, 0.2) is 18.2 Å². The minimum absolute atomic E-state index is 0.0269. The maximum absolute atomic E-state index is 13.4. The molecule has 3 N–H and O–H groups in total. The van der Waals surface area contributed by atoms with Gasteiger partial charge in [-0.2, -0.15) is 0 Å². The second-order valence-corrected chi connectivity index (χ2v) is 3.65. The van der Waals surface area contributed by atoms with Gasteiger partial charge in [0, 0.05) is 11.5 Å². The molecule has 0 amide bonds. The summed E-state index contributed by atoms with van der Waals surface area (Å²) in [7, 11) is 0. The summed E-state index contributed by atoms with van der Waals surface area (Å²) in [5.74, 6) is -1.69. The van der Waals surface area contributed by atoms with Crippen LogP contribution < -0.4 is 5.73 Å². The first kappa shape index (κ1) is 12.1. The van der Waals surface area contributed by atoms with Gasteiger partial charge in [0.2, 0.25) is 0 Å². The summed E-state index contributed by atoms with van der Waals surface area (Å²) in [6.07, 6.45) is -0.369. The van der Waals surface area contributed by atoms with Gasteiger partial charge in [0.25, 0.3) is 0 Å². The lowest BCUT2D eigenvalue weighted by atomic mass is 9.92. The average Bonchev–Trinajstić information content (AvgIpc) is 2.15. The lowest BCUT2D eigenvalue weighted by Crippen LogP contribution is -2.19. The van der Waals surface area contributed by atoms with Crippen LogP contribution in [0.2, 0.25) is 0 Å². The Labute approximate surface area is 87.7 Å². The summed E-state index contributed by atoms with van der Waals surface area (Å²) in [4.78, 5) is 0. The first-order valence-corrected chi connectivity index (χ1v) is 4.88. The van der Waals surface area contributed by atoms with Crippen molar-refractivity contribution in [3.63, 3.8) is 0 Å². The molecule has 0 radical (unpaired) electrons. The fourth-order valence-corrected chi connectivity index (χ4v) is 1.64. The highest BCUT2D eigenvalue weighted by Gasteiger charge is 2.20. The van der Waals surface area contributed by atoms with Gasteiger partial charge in [-0.25, -0.2) is 8.78 Å². The van der Waals surface area contributed by atoms with E-state index in [0.717, 1.165) is 0 Å². The van der Waals surface area contributed by atoms with Gasteiger partial charge < -0.3 is 10.8 Å². The Morgan fingerprint density at radius 2 is 1.87 bits per heavy atom. The first-order valence-electron chi connectivity index (χ1n) is 4.88. The van der Waals surface area contributed by atoms with Crippen LogP contribution in [0.4, 0.5) is 8.78 Å². The Balaban J connectivity index is 3.00. The molecule has 0 spiro atoms. The normalized spacial score (nSPS) is 15.0. The van der Waals surface area contributed by atoms with Crippen LogP contribution in [-0.4, -0.2) is 17.8 Å². The summed E-state index contributed by atoms with van der Waals surface area (Å²) >= 11 is 0. The van der Waals surface area contributed by atoms with Crippen LogP contribution in [0.5, 0.6) is 0 Å². The minimum Gasteiger partial charge on any atom is -0.393 e. The lowest BCUT2D eigenvalue weighted by Gasteiger charge is -2.18. The van der Waals surface area contributed by atoms with Crippen LogP contribution in [0.1, 0.15) is 24.8 Å². The topological polar surface area (TPSA) is 46.2 Å². The van der Waals surface area contributed by atoms with E-state index in [4.69, 9.17) is 5.73 Å². The number of rotatable bonds is 4. The van der Waals surface area contributed by atoms with Gasteiger partial charge in [-0.1, -0.05) is 6.07 Å². The van der Waals surface area contributed by atoms with E-state index >= 15 is 0 Å². The van der Waals surface area contributed by atoms with E-state index in [1.165, 1.54) is 18.2 Å². The van der Waals surface area contributed by atoms with Crippen LogP contribution in [0, 0.1) is 11.6 Å². The fourth-order valence-electron chi connectivity index (χ4n) is 1.64. The van der Waals surface area contributed by atoms with E-state index in [0.29, 0.717) is 0 Å². The second-order valence-electron chi connectivity index (χ2n) is 3.65. The fraction of sp³-hybridized carbons (Fsp3) is 0.455. The molecule has 0 saturated heterocycles. The Kier molecular flexibility index (Phi) is 4.17. The smallest absolute Gasteiger partial charge is 0.129 e. The van der Waals surface area contributed by atoms with E-state index in [1.807, 2.05) is 0 Å². The number of hydrogen-bond acceptors (Lipinski definition) is 2. The molecule has 0 saturated carbocycles. The molecule has 0 aliphatic rings. The molecule has 0 aliphatic heterocycles. The Morgan fingerprint density at radius 3 is 2.27 bits per heavy atom. The predicted molar refractivity (Wildman–Crippen MR) is 54.5 cm³/mol. The molecule has 0 fully saturated rings. The van der Waals surface area contributed by atoms with Gasteiger partial charge in [-0.15, -0.1) is 0 Å². The molecule has 1 aromatic rings. The maximum Gasteiger partial charge on any atom is 0.129 e. The molecule has 1 rings (SSSR count). The first-order chi connectivity index (χ1) is 7.06. The highest BCUT2D eigenvalue weighted by atomic mass is 19.1. The molecule has 2 nitrogen and oxygen atoms in total. The van der Waals surface area contributed by atoms with Crippen molar-refractivity contribution in [3.05, 3.63) is 35.4 Å². The zero-order chi connectivity index (χ0) is 11.4. The quantitative estimate of drug-likeness (QED) is 0.804. The van der Waals surface area contributed by atoms with Gasteiger partial charge in [0.05, 0.1) is 6.10 Å². The molecule has 0 bridgehead atoms. The summed E-state index contributed by atoms with van der Waals surface area (Å²) in [6, 6.07) is 3.70. The van der Waals surface area contributed by atoms with Crippen LogP contribution in [0.3, 0.4) is 0 Å². The van der Waals surface area contributed by atoms with Crippen molar-refractivity contribution in [1.29, 1.82) is 0 Å². The number of aliphatic hydroxyl groups excluding tert-OH is 1. The van der Waals surface area contributed by atoms with Crippen LogP contribution in [0.25, 0.3) is 0 Å². The van der Waals surface area contributed by atoms with Crippen LogP contribution >= 0.6 is 0 Å². The van der Waals surface area contributed by atoms with Gasteiger partial charge in [0.15, 0.2) is 0 Å². The average molecular weight is 215 g/mol. The van der Waals surface area contributed by atoms with Gasteiger partial charge in [-0.05, 0) is 32.0 Å². The number of halogens is 2. The Bertz CT molecular complexity index is 308. The molecule has 2 atom stereocenters. The Hall–Kier alpha value is -1.00.